The molecule has 2 saturated heterocycles. The third kappa shape index (κ3) is 7.30. The fraction of sp³-hybridized carbons (Fsp3) is 0.720. The van der Waals surface area contributed by atoms with Crippen LogP contribution in [-0.2, 0) is 4.74 Å². The van der Waals surface area contributed by atoms with Gasteiger partial charge in [0.2, 0.25) is 0 Å². The molecule has 0 radical (unpaired) electrons. The average Bonchev–Trinajstić information content (AvgIpc) is 2.74. The molecule has 0 saturated carbocycles. The Morgan fingerprint density at radius 1 is 1.16 bits per heavy atom. The number of ether oxygens (including phenoxy) is 1. The van der Waals surface area contributed by atoms with Gasteiger partial charge in [-0.2, -0.15) is 0 Å². The van der Waals surface area contributed by atoms with Crippen LogP contribution in [0.25, 0.3) is 0 Å². The molecular weight excluding hydrogens is 513 g/mol. The molecule has 0 amide bonds. The van der Waals surface area contributed by atoms with Gasteiger partial charge in [0, 0.05) is 45.3 Å². The molecular formula is C25H44IN5O. The number of aliphatic imine (C=N–C) groups is 1. The molecule has 1 aromatic carbocycles. The fourth-order valence-corrected chi connectivity index (χ4v) is 4.72. The molecule has 2 fully saturated rings. The van der Waals surface area contributed by atoms with Crippen molar-refractivity contribution in [3.05, 3.63) is 34.9 Å². The SMILES string of the molecule is CCNC(=NCC(C(C)C)N1CCN(C)CC1)N1CCOC(c2ccc(C)cc2C)C1.I. The summed E-state index contributed by atoms with van der Waals surface area (Å²) in [5.41, 5.74) is 3.90. The minimum atomic E-state index is 0. The number of likely N-dealkylation sites (N-methyl/N-ethyl adjacent to an activating group) is 1. The normalized spacial score (nSPS) is 22.0. The van der Waals surface area contributed by atoms with E-state index in [2.05, 4.69) is 79.9 Å². The summed E-state index contributed by atoms with van der Waals surface area (Å²) < 4.78 is 6.17. The van der Waals surface area contributed by atoms with Gasteiger partial charge in [0.05, 0.1) is 19.7 Å². The zero-order chi connectivity index (χ0) is 22.4. The minimum absolute atomic E-state index is 0. The van der Waals surface area contributed by atoms with Crippen molar-refractivity contribution >= 4 is 29.9 Å². The van der Waals surface area contributed by atoms with E-state index in [4.69, 9.17) is 9.73 Å². The first-order valence-electron chi connectivity index (χ1n) is 12.0. The molecule has 0 aliphatic carbocycles. The third-order valence-corrected chi connectivity index (χ3v) is 6.68. The molecule has 1 aromatic rings. The van der Waals surface area contributed by atoms with E-state index in [1.54, 1.807) is 0 Å². The van der Waals surface area contributed by atoms with E-state index in [0.717, 1.165) is 64.9 Å². The summed E-state index contributed by atoms with van der Waals surface area (Å²) >= 11 is 0. The van der Waals surface area contributed by atoms with Crippen LogP contribution in [-0.4, -0.2) is 92.7 Å². The number of nitrogens with zero attached hydrogens (tertiary/aromatic N) is 4. The van der Waals surface area contributed by atoms with Crippen molar-refractivity contribution in [1.29, 1.82) is 0 Å². The van der Waals surface area contributed by atoms with E-state index in [1.807, 2.05) is 0 Å². The second kappa shape index (κ2) is 13.1. The Morgan fingerprint density at radius 2 is 1.88 bits per heavy atom. The highest BCUT2D eigenvalue weighted by Gasteiger charge is 2.27. The monoisotopic (exact) mass is 557 g/mol. The minimum Gasteiger partial charge on any atom is -0.370 e. The smallest absolute Gasteiger partial charge is 0.194 e. The van der Waals surface area contributed by atoms with Gasteiger partial charge in [-0.25, -0.2) is 0 Å². The summed E-state index contributed by atoms with van der Waals surface area (Å²) in [6.45, 7) is 19.9. The van der Waals surface area contributed by atoms with Crippen molar-refractivity contribution < 1.29 is 4.74 Å². The van der Waals surface area contributed by atoms with Gasteiger partial charge in [-0.15, -0.1) is 24.0 Å². The Labute approximate surface area is 212 Å². The second-order valence-electron chi connectivity index (χ2n) is 9.51. The molecule has 3 rings (SSSR count). The van der Waals surface area contributed by atoms with Crippen LogP contribution in [0.3, 0.4) is 0 Å². The molecule has 182 valence electrons. The number of halogens is 1. The maximum atomic E-state index is 6.17. The lowest BCUT2D eigenvalue weighted by atomic mass is 10.00. The highest BCUT2D eigenvalue weighted by molar-refractivity contribution is 14.0. The molecule has 2 aliphatic heterocycles. The number of hydrogen-bond acceptors (Lipinski definition) is 4. The Hall–Kier alpha value is -0.900. The molecule has 2 heterocycles. The van der Waals surface area contributed by atoms with Gasteiger partial charge in [0.1, 0.15) is 6.10 Å². The first-order valence-corrected chi connectivity index (χ1v) is 12.0. The van der Waals surface area contributed by atoms with Crippen LogP contribution < -0.4 is 5.32 Å². The number of rotatable bonds is 6. The van der Waals surface area contributed by atoms with Crippen LogP contribution in [0.1, 0.15) is 43.6 Å². The summed E-state index contributed by atoms with van der Waals surface area (Å²) in [5, 5.41) is 3.55. The second-order valence-corrected chi connectivity index (χ2v) is 9.51. The van der Waals surface area contributed by atoms with Crippen molar-refractivity contribution in [2.45, 2.75) is 46.8 Å². The first kappa shape index (κ1) is 27.3. The molecule has 0 aromatic heterocycles. The molecule has 1 N–H and O–H groups in total. The standard InChI is InChI=1S/C25H43N5O.HI/c1-7-26-25(27-17-23(19(2)3)29-12-10-28(6)11-13-29)30-14-15-31-24(18-30)22-9-8-20(4)16-21(22)5;/h8-9,16,19,23-24H,7,10-15,17-18H2,1-6H3,(H,26,27);1H. The lowest BCUT2D eigenvalue weighted by Gasteiger charge is -2.40. The van der Waals surface area contributed by atoms with Crippen LogP contribution in [0.5, 0.6) is 0 Å². The van der Waals surface area contributed by atoms with E-state index < -0.39 is 0 Å². The molecule has 2 unspecified atom stereocenters. The van der Waals surface area contributed by atoms with E-state index in [-0.39, 0.29) is 30.1 Å². The van der Waals surface area contributed by atoms with Gasteiger partial charge in [-0.1, -0.05) is 37.6 Å². The topological polar surface area (TPSA) is 43.3 Å². The van der Waals surface area contributed by atoms with E-state index >= 15 is 0 Å². The Balaban J connectivity index is 0.00000363. The molecule has 0 bridgehead atoms. The lowest BCUT2D eigenvalue weighted by Crippen LogP contribution is -2.52. The van der Waals surface area contributed by atoms with Crippen molar-refractivity contribution in [2.75, 3.05) is 66.0 Å². The number of benzene rings is 1. The van der Waals surface area contributed by atoms with Gasteiger partial charge in [-0.05, 0) is 44.9 Å². The highest BCUT2D eigenvalue weighted by atomic mass is 127. The van der Waals surface area contributed by atoms with E-state index in [9.17, 15) is 0 Å². The summed E-state index contributed by atoms with van der Waals surface area (Å²) in [6, 6.07) is 7.15. The molecule has 2 aliphatic rings. The molecule has 6 nitrogen and oxygen atoms in total. The van der Waals surface area contributed by atoms with Crippen LogP contribution in [0.4, 0.5) is 0 Å². The Bertz CT molecular complexity index is 733. The van der Waals surface area contributed by atoms with Crippen molar-refractivity contribution in [3.63, 3.8) is 0 Å². The van der Waals surface area contributed by atoms with Crippen LogP contribution in [0.15, 0.2) is 23.2 Å². The number of guanidine groups is 1. The molecule has 2 atom stereocenters. The number of aryl methyl sites for hydroxylation is 2. The van der Waals surface area contributed by atoms with E-state index in [0.29, 0.717) is 12.0 Å². The average molecular weight is 558 g/mol. The number of nitrogens with one attached hydrogen (secondary N) is 1. The van der Waals surface area contributed by atoms with Crippen molar-refractivity contribution in [1.82, 2.24) is 20.0 Å². The van der Waals surface area contributed by atoms with E-state index in [1.165, 1.54) is 16.7 Å². The zero-order valence-corrected chi connectivity index (χ0v) is 23.3. The van der Waals surface area contributed by atoms with Gasteiger partial charge in [-0.3, -0.25) is 9.89 Å². The number of morpholine rings is 1. The molecule has 32 heavy (non-hydrogen) atoms. The van der Waals surface area contributed by atoms with Gasteiger partial charge >= 0.3 is 0 Å². The predicted molar refractivity (Wildman–Crippen MR) is 145 cm³/mol. The van der Waals surface area contributed by atoms with Gasteiger partial charge in [0.25, 0.3) is 0 Å². The van der Waals surface area contributed by atoms with Gasteiger partial charge < -0.3 is 19.9 Å². The quantitative estimate of drug-likeness (QED) is 0.330. The summed E-state index contributed by atoms with van der Waals surface area (Å²) in [7, 11) is 2.22. The summed E-state index contributed by atoms with van der Waals surface area (Å²) in [6.07, 6.45) is 0.0942. The predicted octanol–water partition coefficient (Wildman–Crippen LogP) is 3.53. The highest BCUT2D eigenvalue weighted by Crippen LogP contribution is 2.26. The maximum absolute atomic E-state index is 6.17. The fourth-order valence-electron chi connectivity index (χ4n) is 4.72. The van der Waals surface area contributed by atoms with Crippen LogP contribution in [0, 0.1) is 19.8 Å². The zero-order valence-electron chi connectivity index (χ0n) is 20.9. The number of hydrogen-bond donors (Lipinski definition) is 1. The molecule has 7 heteroatoms. The largest absolute Gasteiger partial charge is 0.370 e. The van der Waals surface area contributed by atoms with Crippen molar-refractivity contribution in [2.24, 2.45) is 10.9 Å². The Morgan fingerprint density at radius 3 is 2.50 bits per heavy atom. The summed E-state index contributed by atoms with van der Waals surface area (Å²) in [4.78, 5) is 12.6. The molecule has 0 spiro atoms. The maximum Gasteiger partial charge on any atom is 0.194 e. The summed E-state index contributed by atoms with van der Waals surface area (Å²) in [5.74, 6) is 1.61. The van der Waals surface area contributed by atoms with Crippen molar-refractivity contribution in [3.8, 4) is 0 Å². The number of piperazine rings is 1. The van der Waals surface area contributed by atoms with Gasteiger partial charge in [0.15, 0.2) is 5.96 Å². The first-order chi connectivity index (χ1) is 14.9. The van der Waals surface area contributed by atoms with Crippen LogP contribution >= 0.6 is 24.0 Å². The Kier molecular flexibility index (Phi) is 11.2. The van der Waals surface area contributed by atoms with Crippen LogP contribution in [0.2, 0.25) is 0 Å². The lowest BCUT2D eigenvalue weighted by molar-refractivity contribution is -0.00842. The third-order valence-electron chi connectivity index (χ3n) is 6.68.